The van der Waals surface area contributed by atoms with E-state index in [9.17, 15) is 0 Å². The Morgan fingerprint density at radius 2 is 1.46 bits per heavy atom. The predicted molar refractivity (Wildman–Crippen MR) is 55.7 cm³/mol. The highest BCUT2D eigenvalue weighted by atomic mass is 35.5. The Bertz CT molecular complexity index is 375. The minimum absolute atomic E-state index is 0.234. The summed E-state index contributed by atoms with van der Waals surface area (Å²) >= 11 is 17.6. The Morgan fingerprint density at radius 1 is 0.923 bits per heavy atom. The summed E-state index contributed by atoms with van der Waals surface area (Å²) in [6.07, 6.45) is 0. The van der Waals surface area contributed by atoms with Gasteiger partial charge in [-0.15, -0.1) is 0 Å². The van der Waals surface area contributed by atoms with Gasteiger partial charge in [-0.1, -0.05) is 34.8 Å². The summed E-state index contributed by atoms with van der Waals surface area (Å²) in [5, 5.41) is 9.71. The summed E-state index contributed by atoms with van der Waals surface area (Å²) in [5.74, 6) is 0. The molecule has 0 saturated heterocycles. The molecule has 0 aromatic heterocycles. The van der Waals surface area contributed by atoms with Crippen molar-refractivity contribution in [1.82, 2.24) is 0 Å². The minimum Gasteiger partial charge on any atom is -0.192 e. The van der Waals surface area contributed by atoms with Crippen LogP contribution in [0.1, 0.15) is 16.7 Å². The third-order valence-electron chi connectivity index (χ3n) is 1.98. The zero-order chi connectivity index (χ0) is 10.2. The molecular formula is C9H6Cl3N. The molecule has 0 aliphatic rings. The number of hydrogen-bond acceptors (Lipinski definition) is 1. The van der Waals surface area contributed by atoms with Gasteiger partial charge in [-0.3, -0.25) is 0 Å². The second-order valence-corrected chi connectivity index (χ2v) is 3.81. The molecule has 0 radical (unpaired) electrons. The van der Waals surface area contributed by atoms with E-state index in [1.807, 2.05) is 6.07 Å². The number of halogens is 3. The summed E-state index contributed by atoms with van der Waals surface area (Å²) < 4.78 is 0. The molecule has 0 spiro atoms. The molecule has 1 aromatic carbocycles. The molecule has 0 atom stereocenters. The summed E-state index contributed by atoms with van der Waals surface area (Å²) in [6.45, 7) is 3.60. The number of nitrogens with zero attached hydrogens (tertiary/aromatic N) is 1. The van der Waals surface area contributed by atoms with Crippen LogP contribution in [0.5, 0.6) is 0 Å². The highest BCUT2D eigenvalue weighted by Crippen LogP contribution is 2.37. The van der Waals surface area contributed by atoms with Crippen LogP contribution in [0, 0.1) is 25.2 Å². The normalized spacial score (nSPS) is 9.85. The van der Waals surface area contributed by atoms with E-state index >= 15 is 0 Å². The van der Waals surface area contributed by atoms with Gasteiger partial charge in [0.25, 0.3) is 0 Å². The molecular weight excluding hydrogens is 228 g/mol. The lowest BCUT2D eigenvalue weighted by atomic mass is 10.0. The molecule has 1 rings (SSSR count). The molecule has 0 saturated carbocycles. The molecule has 0 N–H and O–H groups in total. The molecule has 0 amide bonds. The molecule has 0 fully saturated rings. The summed E-state index contributed by atoms with van der Waals surface area (Å²) in [5.41, 5.74) is 1.98. The molecule has 0 aliphatic heterocycles. The van der Waals surface area contributed by atoms with Crippen molar-refractivity contribution in [3.05, 3.63) is 31.8 Å². The predicted octanol–water partition coefficient (Wildman–Crippen LogP) is 4.14. The minimum atomic E-state index is 0.234. The Morgan fingerprint density at radius 3 is 1.92 bits per heavy atom. The SMILES string of the molecule is Cc1c(C)c(C#N)c(Cl)c(Cl)c1Cl. The van der Waals surface area contributed by atoms with Crippen LogP contribution in [0.4, 0.5) is 0 Å². The number of rotatable bonds is 0. The number of benzene rings is 1. The van der Waals surface area contributed by atoms with Gasteiger partial charge in [0.05, 0.1) is 20.6 Å². The Balaban J connectivity index is 3.69. The van der Waals surface area contributed by atoms with E-state index in [2.05, 4.69) is 0 Å². The van der Waals surface area contributed by atoms with Crippen LogP contribution in [0.2, 0.25) is 15.1 Å². The second-order valence-electron chi connectivity index (χ2n) is 2.68. The van der Waals surface area contributed by atoms with Crippen molar-refractivity contribution >= 4 is 34.8 Å². The van der Waals surface area contributed by atoms with Crippen LogP contribution in [0.3, 0.4) is 0 Å². The molecule has 0 bridgehead atoms. The molecule has 1 aromatic rings. The van der Waals surface area contributed by atoms with Crippen molar-refractivity contribution in [1.29, 1.82) is 5.26 Å². The zero-order valence-electron chi connectivity index (χ0n) is 7.08. The second kappa shape index (κ2) is 3.75. The maximum Gasteiger partial charge on any atom is 0.101 e. The van der Waals surface area contributed by atoms with E-state index in [4.69, 9.17) is 40.1 Å². The molecule has 0 heterocycles. The summed E-state index contributed by atoms with van der Waals surface area (Å²) in [7, 11) is 0. The quantitative estimate of drug-likeness (QED) is 0.619. The van der Waals surface area contributed by atoms with E-state index in [0.717, 1.165) is 11.1 Å². The summed E-state index contributed by atoms with van der Waals surface area (Å²) in [4.78, 5) is 0. The molecule has 0 aliphatic carbocycles. The molecule has 4 heteroatoms. The average Bonchev–Trinajstić information content (AvgIpc) is 2.13. The first-order valence-corrected chi connectivity index (χ1v) is 4.67. The lowest BCUT2D eigenvalue weighted by Crippen LogP contribution is -1.91. The van der Waals surface area contributed by atoms with Gasteiger partial charge in [0.2, 0.25) is 0 Å². The molecule has 0 unspecified atom stereocenters. The van der Waals surface area contributed by atoms with E-state index in [0.29, 0.717) is 10.6 Å². The smallest absolute Gasteiger partial charge is 0.101 e. The Kier molecular flexibility index (Phi) is 3.08. The Labute approximate surface area is 91.8 Å². The van der Waals surface area contributed by atoms with E-state index in [1.165, 1.54) is 0 Å². The van der Waals surface area contributed by atoms with Gasteiger partial charge in [-0.05, 0) is 25.0 Å². The first kappa shape index (κ1) is 10.7. The van der Waals surface area contributed by atoms with Gasteiger partial charge in [-0.2, -0.15) is 5.26 Å². The number of hydrogen-bond donors (Lipinski definition) is 0. The fraction of sp³-hybridized carbons (Fsp3) is 0.222. The maximum absolute atomic E-state index is 8.80. The standard InChI is InChI=1S/C9H6Cl3N/c1-4-5(2)7(10)9(12)8(11)6(4)3-13/h1-2H3. The number of nitriles is 1. The highest BCUT2D eigenvalue weighted by molar-refractivity contribution is 6.48. The lowest BCUT2D eigenvalue weighted by molar-refractivity contribution is 1.31. The lowest BCUT2D eigenvalue weighted by Gasteiger charge is -2.09. The molecule has 68 valence electrons. The summed E-state index contributed by atoms with van der Waals surface area (Å²) in [6, 6.07) is 2.00. The Hall–Kier alpha value is -0.420. The first-order valence-electron chi connectivity index (χ1n) is 3.54. The van der Waals surface area contributed by atoms with Crippen molar-refractivity contribution in [2.24, 2.45) is 0 Å². The first-order chi connectivity index (χ1) is 6.00. The van der Waals surface area contributed by atoms with Crippen LogP contribution in [0.15, 0.2) is 0 Å². The highest BCUT2D eigenvalue weighted by Gasteiger charge is 2.15. The van der Waals surface area contributed by atoms with Crippen LogP contribution < -0.4 is 0 Å². The van der Waals surface area contributed by atoms with Crippen LogP contribution in [-0.2, 0) is 0 Å². The topological polar surface area (TPSA) is 23.8 Å². The third-order valence-corrected chi connectivity index (χ3v) is 3.41. The van der Waals surface area contributed by atoms with Gasteiger partial charge < -0.3 is 0 Å². The maximum atomic E-state index is 8.80. The zero-order valence-corrected chi connectivity index (χ0v) is 9.35. The fourth-order valence-electron chi connectivity index (χ4n) is 1.02. The molecule has 13 heavy (non-hydrogen) atoms. The van der Waals surface area contributed by atoms with Gasteiger partial charge >= 0.3 is 0 Å². The van der Waals surface area contributed by atoms with Crippen LogP contribution >= 0.6 is 34.8 Å². The van der Waals surface area contributed by atoms with Crippen molar-refractivity contribution < 1.29 is 0 Å². The largest absolute Gasteiger partial charge is 0.192 e. The fourth-order valence-corrected chi connectivity index (χ4v) is 1.82. The van der Waals surface area contributed by atoms with Gasteiger partial charge in [0, 0.05) is 0 Å². The van der Waals surface area contributed by atoms with Crippen molar-refractivity contribution in [2.75, 3.05) is 0 Å². The van der Waals surface area contributed by atoms with Crippen molar-refractivity contribution in [3.8, 4) is 6.07 Å². The third kappa shape index (κ3) is 1.62. The van der Waals surface area contributed by atoms with Gasteiger partial charge in [0.15, 0.2) is 0 Å². The average molecular weight is 235 g/mol. The molecule has 1 nitrogen and oxygen atoms in total. The van der Waals surface area contributed by atoms with E-state index < -0.39 is 0 Å². The van der Waals surface area contributed by atoms with Gasteiger partial charge in [0.1, 0.15) is 6.07 Å². The van der Waals surface area contributed by atoms with Crippen molar-refractivity contribution in [2.45, 2.75) is 13.8 Å². The van der Waals surface area contributed by atoms with Crippen LogP contribution in [0.25, 0.3) is 0 Å². The van der Waals surface area contributed by atoms with Gasteiger partial charge in [-0.25, -0.2) is 0 Å². The van der Waals surface area contributed by atoms with Crippen molar-refractivity contribution in [3.63, 3.8) is 0 Å². The van der Waals surface area contributed by atoms with E-state index in [1.54, 1.807) is 13.8 Å². The van der Waals surface area contributed by atoms with Crippen LogP contribution in [-0.4, -0.2) is 0 Å². The van der Waals surface area contributed by atoms with E-state index in [-0.39, 0.29) is 10.0 Å². The monoisotopic (exact) mass is 233 g/mol.